The minimum absolute atomic E-state index is 0.136. The summed E-state index contributed by atoms with van der Waals surface area (Å²) in [7, 11) is 0. The summed E-state index contributed by atoms with van der Waals surface area (Å²) in [5.74, 6) is -0.357. The maximum Gasteiger partial charge on any atom is 0.319 e. The van der Waals surface area contributed by atoms with Crippen LogP contribution in [0.1, 0.15) is 24.0 Å². The van der Waals surface area contributed by atoms with Gasteiger partial charge in [-0.05, 0) is 54.7 Å². The molecule has 1 aliphatic rings. The average molecular weight is 314 g/mol. The van der Waals surface area contributed by atoms with Crippen molar-refractivity contribution >= 4 is 11.7 Å². The third kappa shape index (κ3) is 3.51. The minimum atomic E-state index is -1.05. The van der Waals surface area contributed by atoms with E-state index in [1.165, 1.54) is 24.3 Å². The Bertz CT molecular complexity index is 702. The van der Waals surface area contributed by atoms with Crippen LogP contribution in [0.25, 0.3) is 0 Å². The molecule has 0 saturated heterocycles. The lowest BCUT2D eigenvalue weighted by atomic mass is 9.79. The summed E-state index contributed by atoms with van der Waals surface area (Å²) in [5, 5.41) is 16.2. The Balaban J connectivity index is 1.64. The highest BCUT2D eigenvalue weighted by atomic mass is 19.1. The first-order valence-electron chi connectivity index (χ1n) is 7.68. The molecule has 5 heteroatoms. The quantitative estimate of drug-likeness (QED) is 0.815. The van der Waals surface area contributed by atoms with Crippen LogP contribution in [0.4, 0.5) is 14.9 Å². The normalized spacial score (nSPS) is 19.7. The molecule has 4 nitrogen and oxygen atoms in total. The largest absolute Gasteiger partial charge is 0.383 e. The highest BCUT2D eigenvalue weighted by Gasteiger charge is 2.34. The van der Waals surface area contributed by atoms with Crippen LogP contribution in [-0.4, -0.2) is 17.7 Å². The zero-order valence-electron chi connectivity index (χ0n) is 12.7. The topological polar surface area (TPSA) is 61.4 Å². The standard InChI is InChI=1S/C18H19FN2O2/c19-14-7-9-15(10-8-14)21-17(22)20-12-18(23)11-3-5-13-4-1-2-6-16(13)18/h1-2,4,6-10,23H,3,5,11-12H2,(H2,20,21,22). The number of rotatable bonds is 3. The SMILES string of the molecule is O=C(NCC1(O)CCCc2ccccc21)Nc1ccc(F)cc1. The highest BCUT2D eigenvalue weighted by molar-refractivity contribution is 5.89. The molecule has 2 amide bonds. The third-order valence-electron chi connectivity index (χ3n) is 4.20. The van der Waals surface area contributed by atoms with E-state index in [1.807, 2.05) is 24.3 Å². The summed E-state index contributed by atoms with van der Waals surface area (Å²) in [4.78, 5) is 12.0. The predicted octanol–water partition coefficient (Wildman–Crippen LogP) is 3.17. The molecule has 0 fully saturated rings. The fourth-order valence-corrected chi connectivity index (χ4v) is 3.02. The smallest absolute Gasteiger partial charge is 0.319 e. The summed E-state index contributed by atoms with van der Waals surface area (Å²) in [5.41, 5.74) is 1.46. The number of aliphatic hydroxyl groups is 1. The second-order valence-electron chi connectivity index (χ2n) is 5.86. The molecular weight excluding hydrogens is 295 g/mol. The van der Waals surface area contributed by atoms with E-state index in [0.29, 0.717) is 12.1 Å². The van der Waals surface area contributed by atoms with E-state index in [0.717, 1.165) is 24.0 Å². The number of fused-ring (bicyclic) bond motifs is 1. The molecule has 0 heterocycles. The molecule has 23 heavy (non-hydrogen) atoms. The second-order valence-corrected chi connectivity index (χ2v) is 5.86. The summed E-state index contributed by atoms with van der Waals surface area (Å²) < 4.78 is 12.8. The van der Waals surface area contributed by atoms with Crippen LogP contribution >= 0.6 is 0 Å². The van der Waals surface area contributed by atoms with Crippen LogP contribution in [0.2, 0.25) is 0 Å². The minimum Gasteiger partial charge on any atom is -0.383 e. The van der Waals surface area contributed by atoms with Gasteiger partial charge in [-0.3, -0.25) is 0 Å². The van der Waals surface area contributed by atoms with Crippen LogP contribution in [0.3, 0.4) is 0 Å². The van der Waals surface area contributed by atoms with Crippen molar-refractivity contribution in [3.8, 4) is 0 Å². The van der Waals surface area contributed by atoms with Gasteiger partial charge >= 0.3 is 6.03 Å². The van der Waals surface area contributed by atoms with Crippen molar-refractivity contribution in [3.05, 3.63) is 65.5 Å². The number of aryl methyl sites for hydroxylation is 1. The van der Waals surface area contributed by atoms with Gasteiger partial charge in [0.15, 0.2) is 0 Å². The Kier molecular flexibility index (Phi) is 4.30. The molecule has 2 aromatic carbocycles. The Morgan fingerprint density at radius 3 is 2.70 bits per heavy atom. The zero-order valence-corrected chi connectivity index (χ0v) is 12.7. The zero-order chi connectivity index (χ0) is 16.3. The van der Waals surface area contributed by atoms with Crippen molar-refractivity contribution in [2.24, 2.45) is 0 Å². The Morgan fingerprint density at radius 1 is 1.17 bits per heavy atom. The van der Waals surface area contributed by atoms with E-state index in [2.05, 4.69) is 10.6 Å². The number of urea groups is 1. The maximum absolute atomic E-state index is 12.8. The third-order valence-corrected chi connectivity index (χ3v) is 4.20. The first-order chi connectivity index (χ1) is 11.1. The molecule has 3 rings (SSSR count). The number of hydrogen-bond acceptors (Lipinski definition) is 2. The summed E-state index contributed by atoms with van der Waals surface area (Å²) in [6.07, 6.45) is 2.44. The monoisotopic (exact) mass is 314 g/mol. The highest BCUT2D eigenvalue weighted by Crippen LogP contribution is 2.34. The number of anilines is 1. The van der Waals surface area contributed by atoms with Crippen LogP contribution in [-0.2, 0) is 12.0 Å². The van der Waals surface area contributed by atoms with Crippen molar-refractivity contribution in [2.45, 2.75) is 24.9 Å². The van der Waals surface area contributed by atoms with E-state index < -0.39 is 11.6 Å². The molecular formula is C18H19FN2O2. The number of carbonyl (C=O) groups excluding carboxylic acids is 1. The molecule has 1 atom stereocenters. The maximum atomic E-state index is 12.8. The molecule has 1 aliphatic carbocycles. The lowest BCUT2D eigenvalue weighted by Gasteiger charge is -2.34. The summed E-state index contributed by atoms with van der Waals surface area (Å²) in [6, 6.07) is 12.9. The van der Waals surface area contributed by atoms with Gasteiger partial charge in [-0.2, -0.15) is 0 Å². The van der Waals surface area contributed by atoms with Gasteiger partial charge in [0.25, 0.3) is 0 Å². The van der Waals surface area contributed by atoms with Gasteiger partial charge in [0.1, 0.15) is 11.4 Å². The molecule has 0 aliphatic heterocycles. The van der Waals surface area contributed by atoms with Crippen molar-refractivity contribution in [2.75, 3.05) is 11.9 Å². The summed E-state index contributed by atoms with van der Waals surface area (Å²) in [6.45, 7) is 0.136. The molecule has 3 N–H and O–H groups in total. The van der Waals surface area contributed by atoms with Crippen molar-refractivity contribution in [1.29, 1.82) is 0 Å². The van der Waals surface area contributed by atoms with E-state index in [-0.39, 0.29) is 12.4 Å². The molecule has 0 saturated carbocycles. The lowest BCUT2D eigenvalue weighted by molar-refractivity contribution is 0.0221. The van der Waals surface area contributed by atoms with E-state index in [9.17, 15) is 14.3 Å². The van der Waals surface area contributed by atoms with Gasteiger partial charge in [-0.1, -0.05) is 24.3 Å². The van der Waals surface area contributed by atoms with Crippen LogP contribution in [0.5, 0.6) is 0 Å². The molecule has 0 spiro atoms. The van der Waals surface area contributed by atoms with Gasteiger partial charge in [0, 0.05) is 5.69 Å². The number of nitrogens with one attached hydrogen (secondary N) is 2. The molecule has 0 radical (unpaired) electrons. The number of amides is 2. The first-order valence-corrected chi connectivity index (χ1v) is 7.68. The number of carbonyl (C=O) groups is 1. The van der Waals surface area contributed by atoms with E-state index in [4.69, 9.17) is 0 Å². The van der Waals surface area contributed by atoms with Gasteiger partial charge in [0.05, 0.1) is 6.54 Å². The van der Waals surface area contributed by atoms with Gasteiger partial charge in [0.2, 0.25) is 0 Å². The van der Waals surface area contributed by atoms with Crippen molar-refractivity contribution in [1.82, 2.24) is 5.32 Å². The average Bonchev–Trinajstić information content (AvgIpc) is 2.56. The van der Waals surface area contributed by atoms with Crippen LogP contribution < -0.4 is 10.6 Å². The number of benzene rings is 2. The molecule has 0 bridgehead atoms. The number of hydrogen-bond donors (Lipinski definition) is 3. The molecule has 120 valence electrons. The Labute approximate surface area is 134 Å². The Hall–Kier alpha value is -2.40. The second kappa shape index (κ2) is 6.38. The van der Waals surface area contributed by atoms with Gasteiger partial charge in [-0.15, -0.1) is 0 Å². The first kappa shape index (κ1) is 15.5. The van der Waals surface area contributed by atoms with E-state index in [1.54, 1.807) is 0 Å². The van der Waals surface area contributed by atoms with Crippen LogP contribution in [0, 0.1) is 5.82 Å². The Morgan fingerprint density at radius 2 is 1.91 bits per heavy atom. The van der Waals surface area contributed by atoms with Crippen molar-refractivity contribution in [3.63, 3.8) is 0 Å². The fraction of sp³-hybridized carbons (Fsp3) is 0.278. The number of halogens is 1. The van der Waals surface area contributed by atoms with Crippen molar-refractivity contribution < 1.29 is 14.3 Å². The summed E-state index contributed by atoms with van der Waals surface area (Å²) >= 11 is 0. The van der Waals surface area contributed by atoms with E-state index >= 15 is 0 Å². The lowest BCUT2D eigenvalue weighted by Crippen LogP contribution is -2.44. The predicted molar refractivity (Wildman–Crippen MR) is 86.7 cm³/mol. The van der Waals surface area contributed by atoms with Crippen LogP contribution in [0.15, 0.2) is 48.5 Å². The fourth-order valence-electron chi connectivity index (χ4n) is 3.02. The van der Waals surface area contributed by atoms with Gasteiger partial charge < -0.3 is 15.7 Å². The molecule has 1 unspecified atom stereocenters. The van der Waals surface area contributed by atoms with Gasteiger partial charge in [-0.25, -0.2) is 9.18 Å². The molecule has 2 aromatic rings. The molecule has 0 aromatic heterocycles.